The molecule has 0 saturated heterocycles. The van der Waals surface area contributed by atoms with Crippen molar-refractivity contribution in [3.63, 3.8) is 0 Å². The number of benzene rings is 2. The van der Waals surface area contributed by atoms with Crippen LogP contribution in [0.3, 0.4) is 0 Å². The fourth-order valence-corrected chi connectivity index (χ4v) is 3.63. The molecular weight excluding hydrogens is 454 g/mol. The molecule has 2 aromatic heterocycles. The zero-order chi connectivity index (χ0) is 21.4. The molecule has 4 N–H and O–H groups in total. The van der Waals surface area contributed by atoms with Crippen LogP contribution in [0.2, 0.25) is 0 Å². The number of aryl methyl sites for hydroxylation is 1. The summed E-state index contributed by atoms with van der Waals surface area (Å²) in [6.07, 6.45) is 1.81. The molecule has 4 rings (SSSR count). The molecule has 0 radical (unpaired) electrons. The molecule has 0 fully saturated rings. The maximum atomic E-state index is 12.4. The monoisotopic (exact) mass is 469 g/mol. The average molecular weight is 470 g/mol. The SMILES string of the molecule is CCc1ccccc1-n1c(O)c(C=Nc2cc3[nH]c(=O)[nH]c3cc2Br)c(=O)[nH]c1=O. The van der Waals surface area contributed by atoms with Crippen LogP contribution in [0.25, 0.3) is 16.7 Å². The molecule has 0 atom stereocenters. The Morgan fingerprint density at radius 2 is 1.80 bits per heavy atom. The van der Waals surface area contributed by atoms with E-state index in [1.54, 1.807) is 24.3 Å². The van der Waals surface area contributed by atoms with Crippen LogP contribution in [0.5, 0.6) is 5.88 Å². The normalized spacial score (nSPS) is 11.5. The molecule has 30 heavy (non-hydrogen) atoms. The molecule has 0 spiro atoms. The Labute approximate surface area is 176 Å². The fourth-order valence-electron chi connectivity index (χ4n) is 3.18. The van der Waals surface area contributed by atoms with E-state index in [1.807, 2.05) is 19.1 Å². The van der Waals surface area contributed by atoms with Crippen LogP contribution in [0, 0.1) is 0 Å². The van der Waals surface area contributed by atoms with Crippen LogP contribution in [0.4, 0.5) is 5.69 Å². The number of halogens is 1. The van der Waals surface area contributed by atoms with Crippen molar-refractivity contribution in [3.05, 3.63) is 83.3 Å². The van der Waals surface area contributed by atoms with Gasteiger partial charge in [-0.15, -0.1) is 0 Å². The summed E-state index contributed by atoms with van der Waals surface area (Å²) in [7, 11) is 0. The molecule has 9 nitrogen and oxygen atoms in total. The van der Waals surface area contributed by atoms with Gasteiger partial charge in [-0.1, -0.05) is 25.1 Å². The summed E-state index contributed by atoms with van der Waals surface area (Å²) in [6, 6.07) is 10.4. The number of aliphatic imine (C=N–C) groups is 1. The minimum absolute atomic E-state index is 0.171. The van der Waals surface area contributed by atoms with Gasteiger partial charge in [-0.05, 0) is 46.1 Å². The maximum absolute atomic E-state index is 12.4. The van der Waals surface area contributed by atoms with E-state index in [9.17, 15) is 19.5 Å². The summed E-state index contributed by atoms with van der Waals surface area (Å²) in [5.74, 6) is -0.513. The first kappa shape index (κ1) is 19.6. The van der Waals surface area contributed by atoms with Gasteiger partial charge in [0, 0.05) is 10.7 Å². The van der Waals surface area contributed by atoms with Crippen LogP contribution in [-0.2, 0) is 6.42 Å². The van der Waals surface area contributed by atoms with Crippen LogP contribution >= 0.6 is 15.9 Å². The highest BCUT2D eigenvalue weighted by molar-refractivity contribution is 9.10. The topological polar surface area (TPSA) is 136 Å². The molecule has 0 amide bonds. The van der Waals surface area contributed by atoms with Crippen molar-refractivity contribution in [3.8, 4) is 11.6 Å². The quantitative estimate of drug-likeness (QED) is 0.341. The van der Waals surface area contributed by atoms with E-state index in [1.165, 1.54) is 6.21 Å². The molecule has 0 aliphatic heterocycles. The van der Waals surface area contributed by atoms with Gasteiger partial charge in [0.25, 0.3) is 5.56 Å². The predicted octanol–water partition coefficient (Wildman–Crippen LogP) is 2.48. The van der Waals surface area contributed by atoms with Crippen molar-refractivity contribution in [2.75, 3.05) is 0 Å². The van der Waals surface area contributed by atoms with Gasteiger partial charge in [0.1, 0.15) is 5.56 Å². The van der Waals surface area contributed by atoms with Gasteiger partial charge in [0.2, 0.25) is 5.88 Å². The third kappa shape index (κ3) is 3.41. The number of hydrogen-bond acceptors (Lipinski definition) is 5. The number of H-pyrrole nitrogens is 3. The molecule has 10 heteroatoms. The maximum Gasteiger partial charge on any atom is 0.335 e. The van der Waals surface area contributed by atoms with Gasteiger partial charge in [-0.2, -0.15) is 0 Å². The minimum atomic E-state index is -0.765. The number of para-hydroxylation sites is 1. The lowest BCUT2D eigenvalue weighted by Gasteiger charge is -2.13. The summed E-state index contributed by atoms with van der Waals surface area (Å²) in [5.41, 5.74) is 0.816. The Bertz CT molecular complexity index is 1480. The largest absolute Gasteiger partial charge is 0.493 e. The third-order valence-corrected chi connectivity index (χ3v) is 5.29. The van der Waals surface area contributed by atoms with E-state index in [2.05, 4.69) is 35.9 Å². The van der Waals surface area contributed by atoms with Gasteiger partial charge in [-0.25, -0.2) is 14.2 Å². The molecule has 4 aromatic rings. The van der Waals surface area contributed by atoms with Gasteiger partial charge < -0.3 is 15.1 Å². The van der Waals surface area contributed by atoms with E-state index in [4.69, 9.17) is 0 Å². The van der Waals surface area contributed by atoms with Gasteiger partial charge in [-0.3, -0.25) is 14.8 Å². The first-order chi connectivity index (χ1) is 14.4. The molecule has 0 aliphatic carbocycles. The Kier molecular flexibility index (Phi) is 5.00. The minimum Gasteiger partial charge on any atom is -0.493 e. The van der Waals surface area contributed by atoms with Gasteiger partial charge >= 0.3 is 11.4 Å². The second-order valence-corrected chi connectivity index (χ2v) is 7.36. The number of rotatable bonds is 4. The number of aromatic nitrogens is 4. The third-order valence-electron chi connectivity index (χ3n) is 4.65. The van der Waals surface area contributed by atoms with E-state index >= 15 is 0 Å². The predicted molar refractivity (Wildman–Crippen MR) is 118 cm³/mol. The number of nitrogens with one attached hydrogen (secondary N) is 3. The smallest absolute Gasteiger partial charge is 0.335 e. The zero-order valence-electron chi connectivity index (χ0n) is 15.7. The molecule has 2 aromatic carbocycles. The second-order valence-electron chi connectivity index (χ2n) is 6.50. The van der Waals surface area contributed by atoms with Gasteiger partial charge in [0.15, 0.2) is 0 Å². The number of nitrogens with zero attached hydrogens (tertiary/aromatic N) is 2. The zero-order valence-corrected chi connectivity index (χ0v) is 17.3. The summed E-state index contributed by atoms with van der Waals surface area (Å²) >= 11 is 3.37. The average Bonchev–Trinajstić information content (AvgIpc) is 3.06. The number of imidazole rings is 1. The van der Waals surface area contributed by atoms with E-state index in [0.717, 1.165) is 10.1 Å². The molecule has 0 unspecified atom stereocenters. The van der Waals surface area contributed by atoms with Crippen LogP contribution < -0.4 is 16.9 Å². The first-order valence-corrected chi connectivity index (χ1v) is 9.80. The highest BCUT2D eigenvalue weighted by Crippen LogP contribution is 2.29. The second kappa shape index (κ2) is 7.64. The van der Waals surface area contributed by atoms with Crippen molar-refractivity contribution >= 4 is 38.9 Å². The fraction of sp³-hybridized carbons (Fsp3) is 0.100. The highest BCUT2D eigenvalue weighted by atomic mass is 79.9. The summed E-state index contributed by atoms with van der Waals surface area (Å²) in [6.45, 7) is 1.92. The molecular formula is C20H16BrN5O4. The summed E-state index contributed by atoms with van der Waals surface area (Å²) in [4.78, 5) is 48.0. The van der Waals surface area contributed by atoms with Crippen LogP contribution in [0.1, 0.15) is 18.1 Å². The van der Waals surface area contributed by atoms with Crippen molar-refractivity contribution in [2.45, 2.75) is 13.3 Å². The molecule has 0 saturated carbocycles. The highest BCUT2D eigenvalue weighted by Gasteiger charge is 2.16. The molecule has 152 valence electrons. The Hall–Kier alpha value is -3.66. The van der Waals surface area contributed by atoms with E-state index in [-0.39, 0.29) is 11.3 Å². The van der Waals surface area contributed by atoms with Crippen LogP contribution in [-0.4, -0.2) is 30.8 Å². The summed E-state index contributed by atoms with van der Waals surface area (Å²) < 4.78 is 1.62. The lowest BCUT2D eigenvalue weighted by Crippen LogP contribution is -2.31. The summed E-state index contributed by atoms with van der Waals surface area (Å²) in [5, 5.41) is 10.7. The number of aromatic amines is 3. The van der Waals surface area contributed by atoms with Crippen LogP contribution in [0.15, 0.2) is 60.2 Å². The standard InChI is InChI=1S/C20H16BrN5O4/c1-2-10-5-3-4-6-16(10)26-18(28)11(17(27)25-20(26)30)9-22-13-8-15-14(7-12(13)21)23-19(29)24-15/h3-9,28H,2H2,1H3,(H2,23,24,29)(H,25,27,30). The van der Waals surface area contributed by atoms with Gasteiger partial charge in [0.05, 0.1) is 22.4 Å². The Morgan fingerprint density at radius 1 is 1.10 bits per heavy atom. The molecule has 0 aliphatic rings. The van der Waals surface area contributed by atoms with E-state index in [0.29, 0.717) is 33.3 Å². The first-order valence-electron chi connectivity index (χ1n) is 9.01. The molecule has 2 heterocycles. The van der Waals surface area contributed by atoms with Crippen molar-refractivity contribution in [2.24, 2.45) is 4.99 Å². The Balaban J connectivity index is 1.86. The number of hydrogen-bond donors (Lipinski definition) is 4. The number of aromatic hydroxyl groups is 1. The lowest BCUT2D eigenvalue weighted by atomic mass is 10.1. The molecule has 0 bridgehead atoms. The van der Waals surface area contributed by atoms with Crippen molar-refractivity contribution < 1.29 is 5.11 Å². The van der Waals surface area contributed by atoms with E-state index < -0.39 is 17.1 Å². The van der Waals surface area contributed by atoms with Crippen molar-refractivity contribution in [1.82, 2.24) is 19.5 Å². The number of fused-ring (bicyclic) bond motifs is 1. The van der Waals surface area contributed by atoms with Crippen molar-refractivity contribution in [1.29, 1.82) is 0 Å². The Morgan fingerprint density at radius 3 is 2.53 bits per heavy atom. The lowest BCUT2D eigenvalue weighted by molar-refractivity contribution is 0.429.